The predicted octanol–water partition coefficient (Wildman–Crippen LogP) is 5.38. The minimum Gasteiger partial charge on any atom is -0.493 e. The van der Waals surface area contributed by atoms with Crippen LogP contribution in [0.25, 0.3) is 11.1 Å². The van der Waals surface area contributed by atoms with Gasteiger partial charge in [-0.05, 0) is 36.6 Å². The molecule has 3 rings (SSSR count). The van der Waals surface area contributed by atoms with Crippen LogP contribution in [0.4, 0.5) is 5.69 Å². The van der Waals surface area contributed by atoms with Crippen molar-refractivity contribution in [3.8, 4) is 22.6 Å². The first-order chi connectivity index (χ1) is 16.4. The maximum Gasteiger partial charge on any atom is 0.357 e. The van der Waals surface area contributed by atoms with Crippen molar-refractivity contribution in [2.45, 2.75) is 33.7 Å². The Kier molecular flexibility index (Phi) is 8.35. The molecule has 0 radical (unpaired) electrons. The highest BCUT2D eigenvalue weighted by Crippen LogP contribution is 2.39. The Labute approximate surface area is 200 Å². The molecule has 7 heteroatoms. The lowest BCUT2D eigenvalue weighted by Gasteiger charge is -2.15. The van der Waals surface area contributed by atoms with E-state index in [1.807, 2.05) is 67.1 Å². The Morgan fingerprint density at radius 1 is 1.00 bits per heavy atom. The fourth-order valence-electron chi connectivity index (χ4n) is 3.66. The fourth-order valence-corrected chi connectivity index (χ4v) is 3.66. The third kappa shape index (κ3) is 5.42. The van der Waals surface area contributed by atoms with Gasteiger partial charge in [-0.1, -0.05) is 50.2 Å². The second-order valence-corrected chi connectivity index (χ2v) is 7.97. The first-order valence-corrected chi connectivity index (χ1v) is 11.4. The molecule has 0 aliphatic carbocycles. The number of hydrogen-bond acceptors (Lipinski definition) is 5. The van der Waals surface area contributed by atoms with Gasteiger partial charge in [0.15, 0.2) is 17.2 Å². The molecule has 3 aromatic rings. The molecule has 0 aliphatic rings. The molecule has 0 spiro atoms. The van der Waals surface area contributed by atoms with Crippen LogP contribution < -0.4 is 14.8 Å². The molecule has 180 valence electrons. The average molecular weight is 465 g/mol. The van der Waals surface area contributed by atoms with E-state index in [1.54, 1.807) is 27.2 Å². The van der Waals surface area contributed by atoms with Gasteiger partial charge in [0, 0.05) is 24.2 Å². The summed E-state index contributed by atoms with van der Waals surface area (Å²) in [5.41, 5.74) is 3.20. The van der Waals surface area contributed by atoms with Gasteiger partial charge in [0.1, 0.15) is 0 Å². The van der Waals surface area contributed by atoms with Gasteiger partial charge in [0.05, 0.1) is 26.5 Å². The van der Waals surface area contributed by atoms with Crippen LogP contribution in [-0.2, 0) is 16.1 Å². The predicted molar refractivity (Wildman–Crippen MR) is 133 cm³/mol. The maximum atomic E-state index is 13.1. The van der Waals surface area contributed by atoms with Crippen molar-refractivity contribution in [2.75, 3.05) is 26.1 Å². The van der Waals surface area contributed by atoms with Crippen molar-refractivity contribution in [1.29, 1.82) is 0 Å². The van der Waals surface area contributed by atoms with Gasteiger partial charge < -0.3 is 24.1 Å². The number of carbonyl (C=O) groups excluding carboxylic acids is 2. The number of nitrogens with zero attached hydrogens (tertiary/aromatic N) is 1. The van der Waals surface area contributed by atoms with E-state index in [-0.39, 0.29) is 18.4 Å². The highest BCUT2D eigenvalue weighted by Gasteiger charge is 2.27. The smallest absolute Gasteiger partial charge is 0.357 e. The molecule has 0 saturated carbocycles. The molecule has 0 saturated heterocycles. The lowest BCUT2D eigenvalue weighted by molar-refractivity contribution is -0.119. The molecule has 2 aromatic carbocycles. The van der Waals surface area contributed by atoms with Gasteiger partial charge >= 0.3 is 5.97 Å². The molecule has 1 heterocycles. The van der Waals surface area contributed by atoms with E-state index in [9.17, 15) is 9.59 Å². The van der Waals surface area contributed by atoms with Gasteiger partial charge in [-0.2, -0.15) is 0 Å². The number of esters is 1. The number of nitrogens with one attached hydrogen (secondary N) is 1. The van der Waals surface area contributed by atoms with E-state index in [2.05, 4.69) is 5.32 Å². The van der Waals surface area contributed by atoms with E-state index >= 15 is 0 Å². The first-order valence-electron chi connectivity index (χ1n) is 11.4. The second-order valence-electron chi connectivity index (χ2n) is 7.97. The Morgan fingerprint density at radius 2 is 1.71 bits per heavy atom. The monoisotopic (exact) mass is 464 g/mol. The minimum atomic E-state index is -0.496. The molecule has 1 N–H and O–H groups in total. The summed E-state index contributed by atoms with van der Waals surface area (Å²) in [6.07, 6.45) is 2.55. The number of ether oxygens (including phenoxy) is 3. The number of rotatable bonds is 10. The van der Waals surface area contributed by atoms with Crippen LogP contribution in [-0.4, -0.2) is 37.3 Å². The third-order valence-corrected chi connectivity index (χ3v) is 5.75. The summed E-state index contributed by atoms with van der Waals surface area (Å²) in [7, 11) is 3.14. The lowest BCUT2D eigenvalue weighted by atomic mass is 10.0. The number of carbonyl (C=O) groups is 2. The number of anilines is 1. The molecule has 1 aromatic heterocycles. The summed E-state index contributed by atoms with van der Waals surface area (Å²) in [6, 6.07) is 15.3. The molecule has 7 nitrogen and oxygen atoms in total. The molecule has 1 amide bonds. The van der Waals surface area contributed by atoms with Crippen LogP contribution in [0, 0.1) is 5.92 Å². The largest absolute Gasteiger partial charge is 0.493 e. The Morgan fingerprint density at radius 3 is 2.32 bits per heavy atom. The normalized spacial score (nSPS) is 11.6. The summed E-state index contributed by atoms with van der Waals surface area (Å²) >= 11 is 0. The zero-order chi connectivity index (χ0) is 24.7. The van der Waals surface area contributed by atoms with Gasteiger partial charge in [-0.3, -0.25) is 4.79 Å². The number of benzene rings is 2. The van der Waals surface area contributed by atoms with Gasteiger partial charge in [0.25, 0.3) is 0 Å². The summed E-state index contributed by atoms with van der Waals surface area (Å²) in [5.74, 6) is 0.265. The molecule has 0 aliphatic heterocycles. The van der Waals surface area contributed by atoms with Gasteiger partial charge in [-0.25, -0.2) is 4.79 Å². The van der Waals surface area contributed by atoms with Crippen LogP contribution in [0.2, 0.25) is 0 Å². The van der Waals surface area contributed by atoms with Crippen molar-refractivity contribution in [2.24, 2.45) is 5.92 Å². The standard InChI is InChI=1S/C27H32N2O5/c1-6-18(3)26(30)28-24-21(20-13-14-22(32-4)23(15-20)33-5)17-29(25(24)27(31)34-7-2)16-19-11-9-8-10-12-19/h8-15,17-18H,6-7,16H2,1-5H3,(H,28,30)/t18-/m1/s1. The molecular weight excluding hydrogens is 432 g/mol. The van der Waals surface area contributed by atoms with E-state index in [4.69, 9.17) is 14.2 Å². The van der Waals surface area contributed by atoms with Crippen LogP contribution in [0.15, 0.2) is 54.7 Å². The number of methoxy groups -OCH3 is 2. The maximum absolute atomic E-state index is 13.1. The van der Waals surface area contributed by atoms with Crippen molar-refractivity contribution in [1.82, 2.24) is 4.57 Å². The van der Waals surface area contributed by atoms with Gasteiger partial charge in [0.2, 0.25) is 5.91 Å². The Bertz CT molecular complexity index is 1140. The number of amides is 1. The third-order valence-electron chi connectivity index (χ3n) is 5.75. The highest BCUT2D eigenvalue weighted by molar-refractivity contribution is 6.06. The molecule has 0 bridgehead atoms. The van der Waals surface area contributed by atoms with E-state index in [0.29, 0.717) is 41.4 Å². The lowest BCUT2D eigenvalue weighted by Crippen LogP contribution is -2.22. The molecular formula is C27H32N2O5. The second kappa shape index (κ2) is 11.4. The van der Waals surface area contributed by atoms with Gasteiger partial charge in [-0.15, -0.1) is 0 Å². The summed E-state index contributed by atoms with van der Waals surface area (Å²) < 4.78 is 18.1. The number of aromatic nitrogens is 1. The van der Waals surface area contributed by atoms with Crippen molar-refractivity contribution < 1.29 is 23.8 Å². The Balaban J connectivity index is 2.22. The van der Waals surface area contributed by atoms with E-state index < -0.39 is 5.97 Å². The number of hydrogen-bond donors (Lipinski definition) is 1. The van der Waals surface area contributed by atoms with E-state index in [0.717, 1.165) is 11.1 Å². The zero-order valence-corrected chi connectivity index (χ0v) is 20.4. The van der Waals surface area contributed by atoms with Crippen molar-refractivity contribution in [3.63, 3.8) is 0 Å². The molecule has 0 unspecified atom stereocenters. The molecule has 0 fully saturated rings. The first kappa shape index (κ1) is 24.9. The van der Waals surface area contributed by atoms with Crippen LogP contribution >= 0.6 is 0 Å². The fraction of sp³-hybridized carbons (Fsp3) is 0.333. The van der Waals surface area contributed by atoms with E-state index in [1.165, 1.54) is 0 Å². The van der Waals surface area contributed by atoms with Crippen LogP contribution in [0.3, 0.4) is 0 Å². The topological polar surface area (TPSA) is 78.8 Å². The summed E-state index contributed by atoms with van der Waals surface area (Å²) in [4.78, 5) is 26.1. The summed E-state index contributed by atoms with van der Waals surface area (Å²) in [6.45, 7) is 6.23. The van der Waals surface area contributed by atoms with Crippen molar-refractivity contribution >= 4 is 17.6 Å². The Hall–Kier alpha value is -3.74. The minimum absolute atomic E-state index is 0.160. The van der Waals surface area contributed by atoms with Crippen LogP contribution in [0.5, 0.6) is 11.5 Å². The molecule has 1 atom stereocenters. The quantitative estimate of drug-likeness (QED) is 0.408. The highest BCUT2D eigenvalue weighted by atomic mass is 16.5. The van der Waals surface area contributed by atoms with Crippen LogP contribution in [0.1, 0.15) is 43.2 Å². The SMILES string of the molecule is CCOC(=O)c1c(NC(=O)[C@H](C)CC)c(-c2ccc(OC)c(OC)c2)cn1Cc1ccccc1. The van der Waals surface area contributed by atoms with Crippen molar-refractivity contribution in [3.05, 3.63) is 66.0 Å². The average Bonchev–Trinajstić information content (AvgIpc) is 3.21. The zero-order valence-electron chi connectivity index (χ0n) is 20.4. The molecule has 34 heavy (non-hydrogen) atoms. The summed E-state index contributed by atoms with van der Waals surface area (Å²) in [5, 5.41) is 3.01.